The first-order chi connectivity index (χ1) is 7.70. The largest absolute Gasteiger partial charge is 0.464 e. The molecule has 0 fully saturated rings. The number of furan rings is 1. The predicted molar refractivity (Wildman–Crippen MR) is 59.8 cm³/mol. The average molecular weight is 219 g/mol. The number of primary amides is 1. The van der Waals surface area contributed by atoms with Crippen molar-refractivity contribution in [2.75, 3.05) is 7.11 Å². The highest BCUT2D eigenvalue weighted by molar-refractivity contribution is 5.87. The average Bonchev–Trinajstić information content (AvgIpc) is 2.61. The number of nitrogens with two attached hydrogens (primary N) is 1. The topological polar surface area (TPSA) is 65.5 Å². The van der Waals surface area contributed by atoms with E-state index >= 15 is 0 Å². The van der Waals surface area contributed by atoms with Crippen LogP contribution in [0.5, 0.6) is 0 Å². The highest BCUT2D eigenvalue weighted by Gasteiger charge is 2.08. The van der Waals surface area contributed by atoms with Gasteiger partial charge in [0.05, 0.1) is 19.3 Å². The summed E-state index contributed by atoms with van der Waals surface area (Å²) >= 11 is 0. The summed E-state index contributed by atoms with van der Waals surface area (Å²) in [6.07, 6.45) is 1.78. The number of hydrogen-bond acceptors (Lipinski definition) is 3. The van der Waals surface area contributed by atoms with Crippen LogP contribution in [0, 0.1) is 0 Å². The van der Waals surface area contributed by atoms with E-state index in [1.807, 2.05) is 18.2 Å². The van der Waals surface area contributed by atoms with Crippen LogP contribution in [-0.4, -0.2) is 13.0 Å². The Bertz CT molecular complexity index is 516. The summed E-state index contributed by atoms with van der Waals surface area (Å²) in [7, 11) is 1.64. The molecule has 4 heteroatoms. The van der Waals surface area contributed by atoms with Gasteiger partial charge in [0.15, 0.2) is 0 Å². The summed E-state index contributed by atoms with van der Waals surface area (Å²) in [5, 5.41) is 0.929. The summed E-state index contributed by atoms with van der Waals surface area (Å²) in [5.74, 6) is -0.358. The number of ether oxygens (including phenoxy) is 1. The van der Waals surface area contributed by atoms with Crippen molar-refractivity contribution in [3.8, 4) is 0 Å². The molecule has 0 atom stereocenters. The molecule has 2 N–H and O–H groups in total. The molecule has 1 amide bonds. The van der Waals surface area contributed by atoms with E-state index in [1.54, 1.807) is 13.4 Å². The quantitative estimate of drug-likeness (QED) is 0.849. The summed E-state index contributed by atoms with van der Waals surface area (Å²) in [4.78, 5) is 10.8. The van der Waals surface area contributed by atoms with Gasteiger partial charge < -0.3 is 14.9 Å². The third kappa shape index (κ3) is 2.06. The van der Waals surface area contributed by atoms with E-state index in [1.165, 1.54) is 0 Å². The van der Waals surface area contributed by atoms with E-state index < -0.39 is 0 Å². The van der Waals surface area contributed by atoms with E-state index in [4.69, 9.17) is 14.9 Å². The minimum Gasteiger partial charge on any atom is -0.464 e. The lowest BCUT2D eigenvalue weighted by Gasteiger charge is -1.99. The van der Waals surface area contributed by atoms with Crippen LogP contribution >= 0.6 is 0 Å². The Morgan fingerprint density at radius 2 is 2.31 bits per heavy atom. The summed E-state index contributed by atoms with van der Waals surface area (Å²) in [5.41, 5.74) is 7.77. The van der Waals surface area contributed by atoms with E-state index in [-0.39, 0.29) is 12.3 Å². The number of rotatable bonds is 4. The van der Waals surface area contributed by atoms with Gasteiger partial charge in [-0.3, -0.25) is 4.79 Å². The molecule has 0 radical (unpaired) electrons. The molecule has 4 nitrogen and oxygen atoms in total. The van der Waals surface area contributed by atoms with Crippen LogP contribution in [-0.2, 0) is 22.6 Å². The molecule has 0 aliphatic carbocycles. The molecule has 0 bridgehead atoms. The highest BCUT2D eigenvalue weighted by atomic mass is 16.5. The first-order valence-electron chi connectivity index (χ1n) is 4.97. The summed E-state index contributed by atoms with van der Waals surface area (Å²) in [6, 6.07) is 5.78. The zero-order chi connectivity index (χ0) is 11.5. The summed E-state index contributed by atoms with van der Waals surface area (Å²) in [6.45, 7) is 0.543. The molecule has 16 heavy (non-hydrogen) atoms. The van der Waals surface area contributed by atoms with E-state index in [9.17, 15) is 4.79 Å². The second kappa shape index (κ2) is 4.37. The molecule has 0 saturated carbocycles. The van der Waals surface area contributed by atoms with Gasteiger partial charge >= 0.3 is 0 Å². The predicted octanol–water partition coefficient (Wildman–Crippen LogP) is 1.61. The SMILES string of the molecule is COCc1ccc2c(CC(N)=O)coc2c1. The molecular weight excluding hydrogens is 206 g/mol. The van der Waals surface area contributed by atoms with Crippen molar-refractivity contribution >= 4 is 16.9 Å². The minimum atomic E-state index is -0.358. The maximum Gasteiger partial charge on any atom is 0.221 e. The minimum absolute atomic E-state index is 0.205. The third-order valence-corrected chi connectivity index (χ3v) is 2.40. The monoisotopic (exact) mass is 219 g/mol. The molecule has 0 aliphatic heterocycles. The number of carbonyl (C=O) groups excluding carboxylic acids is 1. The van der Waals surface area contributed by atoms with Crippen molar-refractivity contribution in [2.24, 2.45) is 5.73 Å². The van der Waals surface area contributed by atoms with Gasteiger partial charge in [0.25, 0.3) is 0 Å². The Labute approximate surface area is 93.0 Å². The molecule has 0 aliphatic rings. The van der Waals surface area contributed by atoms with E-state index in [0.717, 1.165) is 22.1 Å². The Kier molecular flexibility index (Phi) is 2.92. The third-order valence-electron chi connectivity index (χ3n) is 2.40. The molecular formula is C12H13NO3. The molecule has 84 valence electrons. The van der Waals surface area contributed by atoms with Crippen molar-refractivity contribution in [3.63, 3.8) is 0 Å². The normalized spacial score (nSPS) is 10.8. The van der Waals surface area contributed by atoms with Crippen LogP contribution in [0.15, 0.2) is 28.9 Å². The van der Waals surface area contributed by atoms with Gasteiger partial charge in [-0.15, -0.1) is 0 Å². The molecule has 2 rings (SSSR count). The van der Waals surface area contributed by atoms with Crippen LogP contribution in [0.1, 0.15) is 11.1 Å². The fourth-order valence-electron chi connectivity index (χ4n) is 1.71. The van der Waals surface area contributed by atoms with Gasteiger partial charge in [-0.1, -0.05) is 12.1 Å². The lowest BCUT2D eigenvalue weighted by atomic mass is 10.1. The lowest BCUT2D eigenvalue weighted by Crippen LogP contribution is -2.13. The number of hydrogen-bond donors (Lipinski definition) is 1. The molecule has 1 aromatic carbocycles. The smallest absolute Gasteiger partial charge is 0.221 e. The number of amides is 1. The maximum absolute atomic E-state index is 10.8. The van der Waals surface area contributed by atoms with Gasteiger partial charge in [0.1, 0.15) is 5.58 Å². The van der Waals surface area contributed by atoms with Crippen molar-refractivity contribution in [1.29, 1.82) is 0 Å². The highest BCUT2D eigenvalue weighted by Crippen LogP contribution is 2.23. The van der Waals surface area contributed by atoms with Crippen molar-refractivity contribution in [1.82, 2.24) is 0 Å². The number of fused-ring (bicyclic) bond motifs is 1. The Hall–Kier alpha value is -1.81. The van der Waals surface area contributed by atoms with Crippen molar-refractivity contribution < 1.29 is 13.9 Å². The van der Waals surface area contributed by atoms with Gasteiger partial charge in [0, 0.05) is 18.1 Å². The standard InChI is InChI=1S/C12H13NO3/c1-15-6-8-2-3-10-9(5-12(13)14)7-16-11(10)4-8/h2-4,7H,5-6H2,1H3,(H2,13,14). The summed E-state index contributed by atoms with van der Waals surface area (Å²) < 4.78 is 10.4. The van der Waals surface area contributed by atoms with Gasteiger partial charge in [0.2, 0.25) is 5.91 Å². The second-order valence-corrected chi connectivity index (χ2v) is 3.67. The van der Waals surface area contributed by atoms with Crippen molar-refractivity contribution in [3.05, 3.63) is 35.6 Å². The van der Waals surface area contributed by atoms with Gasteiger partial charge in [-0.05, 0) is 11.6 Å². The number of benzene rings is 1. The van der Waals surface area contributed by atoms with Gasteiger partial charge in [-0.25, -0.2) is 0 Å². The van der Waals surface area contributed by atoms with E-state index in [0.29, 0.717) is 6.61 Å². The Morgan fingerprint density at radius 3 is 3.00 bits per heavy atom. The lowest BCUT2D eigenvalue weighted by molar-refractivity contribution is -0.117. The molecule has 1 heterocycles. The number of carbonyl (C=O) groups is 1. The first kappa shape index (κ1) is 10.7. The zero-order valence-electron chi connectivity index (χ0n) is 9.03. The van der Waals surface area contributed by atoms with Gasteiger partial charge in [-0.2, -0.15) is 0 Å². The van der Waals surface area contributed by atoms with Crippen LogP contribution in [0.3, 0.4) is 0 Å². The van der Waals surface area contributed by atoms with E-state index in [2.05, 4.69) is 0 Å². The molecule has 0 saturated heterocycles. The second-order valence-electron chi connectivity index (χ2n) is 3.67. The van der Waals surface area contributed by atoms with Crippen LogP contribution < -0.4 is 5.73 Å². The zero-order valence-corrected chi connectivity index (χ0v) is 9.03. The maximum atomic E-state index is 10.8. The molecule has 1 aromatic heterocycles. The fourth-order valence-corrected chi connectivity index (χ4v) is 1.71. The Balaban J connectivity index is 2.38. The molecule has 0 unspecified atom stereocenters. The van der Waals surface area contributed by atoms with Crippen LogP contribution in [0.25, 0.3) is 11.0 Å². The van der Waals surface area contributed by atoms with Crippen LogP contribution in [0.4, 0.5) is 0 Å². The molecule has 2 aromatic rings. The fraction of sp³-hybridized carbons (Fsp3) is 0.250. The molecule has 0 spiro atoms. The number of methoxy groups -OCH3 is 1. The first-order valence-corrected chi connectivity index (χ1v) is 4.97. The Morgan fingerprint density at radius 1 is 1.50 bits per heavy atom. The van der Waals surface area contributed by atoms with Crippen molar-refractivity contribution in [2.45, 2.75) is 13.0 Å². The van der Waals surface area contributed by atoms with Crippen LogP contribution in [0.2, 0.25) is 0 Å².